The van der Waals surface area contributed by atoms with E-state index in [2.05, 4.69) is 4.74 Å². The molecule has 0 bridgehead atoms. The topological polar surface area (TPSA) is 110 Å². The van der Waals surface area contributed by atoms with Crippen LogP contribution in [0.5, 0.6) is 0 Å². The van der Waals surface area contributed by atoms with Gasteiger partial charge in [-0.3, -0.25) is 0 Å². The summed E-state index contributed by atoms with van der Waals surface area (Å²) in [7, 11) is 0. The highest BCUT2D eigenvalue weighted by Crippen LogP contribution is 2.22. The Morgan fingerprint density at radius 1 is 1.58 bits per heavy atom. The van der Waals surface area contributed by atoms with Crippen molar-refractivity contribution in [1.82, 2.24) is 0 Å². The number of hydrogen-bond donors (Lipinski definition) is 5. The first kappa shape index (κ1) is 5.48. The maximum absolute atomic E-state index is 9.42. The lowest BCUT2D eigenvalue weighted by Gasteiger charge is -2.40. The van der Waals surface area contributed by atoms with Gasteiger partial charge in [0, 0.05) is 0 Å². The van der Waals surface area contributed by atoms with Gasteiger partial charge in [0.15, 0.2) is 0 Å². The van der Waals surface area contributed by atoms with Crippen LogP contribution < -0.4 is 0 Å². The summed E-state index contributed by atoms with van der Waals surface area (Å²) in [6.07, 6.45) is -9.61. The summed E-state index contributed by atoms with van der Waals surface area (Å²) < 4.78 is 32.5. The zero-order valence-corrected chi connectivity index (χ0v) is 5.93. The molecule has 5 N–H and O–H groups in total. The monoisotopic (exact) mass is 184 g/mol. The Morgan fingerprint density at radius 3 is 2.67 bits per heavy atom. The molecule has 1 fully saturated rings. The summed E-state index contributed by atoms with van der Waals surface area (Å²) in [5.41, 5.74) is 0. The highest BCUT2D eigenvalue weighted by Gasteiger charge is 2.47. The molecule has 0 amide bonds. The average Bonchev–Trinajstić information content (AvgIpc) is 2.13. The van der Waals surface area contributed by atoms with Crippen molar-refractivity contribution >= 4 is 0 Å². The molecule has 0 saturated carbocycles. The Morgan fingerprint density at radius 2 is 2.17 bits per heavy atom. The van der Waals surface area contributed by atoms with E-state index in [9.17, 15) is 20.4 Å². The first-order chi connectivity index (χ1) is 6.92. The van der Waals surface area contributed by atoms with Crippen LogP contribution in [0, 0.1) is 0 Å². The number of ether oxygens (including phenoxy) is 1. The molecule has 1 aliphatic rings. The molecule has 72 valence electrons. The zero-order valence-electron chi connectivity index (χ0n) is 9.93. The van der Waals surface area contributed by atoms with Crippen molar-refractivity contribution in [3.05, 3.63) is 0 Å². The third-order valence-electron chi connectivity index (χ3n) is 1.48. The van der Waals surface area contributed by atoms with E-state index in [0.717, 1.165) is 0 Å². The standard InChI is InChI=1S/C6H12O6/c7-2-6(11)5(10)4(9)3(8)1-12-6/h3-5,7-11H,1-2H2/t3-,4+,5+,6?/m1/s1/i1D2,3D,4D. The van der Waals surface area contributed by atoms with E-state index < -0.39 is 37.2 Å². The summed E-state index contributed by atoms with van der Waals surface area (Å²) in [6.45, 7) is -4.69. The predicted octanol–water partition coefficient (Wildman–Crippen LogP) is -3.22. The molecule has 0 aliphatic carbocycles. The third kappa shape index (κ3) is 1.45. The van der Waals surface area contributed by atoms with Gasteiger partial charge in [-0.25, -0.2) is 0 Å². The zero-order chi connectivity index (χ0) is 13.0. The first-order valence-corrected chi connectivity index (χ1v) is 3.08. The normalized spacial score (nSPS) is 70.6. The summed E-state index contributed by atoms with van der Waals surface area (Å²) in [5.74, 6) is -2.98. The number of rotatable bonds is 1. The van der Waals surface area contributed by atoms with Gasteiger partial charge < -0.3 is 30.3 Å². The Labute approximate surface area is 74.3 Å². The molecule has 0 aromatic rings. The van der Waals surface area contributed by atoms with Gasteiger partial charge in [0.2, 0.25) is 5.79 Å². The molecule has 0 aromatic carbocycles. The van der Waals surface area contributed by atoms with E-state index in [1.807, 2.05) is 0 Å². The van der Waals surface area contributed by atoms with Gasteiger partial charge in [-0.2, -0.15) is 0 Å². The maximum Gasteiger partial charge on any atom is 0.218 e. The number of aliphatic hydroxyl groups excluding tert-OH is 2. The molecule has 1 aliphatic heterocycles. The second-order valence-electron chi connectivity index (χ2n) is 2.34. The molecule has 12 heavy (non-hydrogen) atoms. The van der Waals surface area contributed by atoms with E-state index in [4.69, 9.17) is 10.6 Å². The first-order valence-electron chi connectivity index (χ1n) is 5.08. The highest BCUT2D eigenvalue weighted by molar-refractivity contribution is 4.90. The van der Waals surface area contributed by atoms with Gasteiger partial charge >= 0.3 is 0 Å². The number of aliphatic hydroxyl groups is 5. The minimum absolute atomic E-state index is 1.33. The fourth-order valence-electron chi connectivity index (χ4n) is 0.707. The molecule has 1 saturated heterocycles. The summed E-state index contributed by atoms with van der Waals surface area (Å²) >= 11 is 0. The van der Waals surface area contributed by atoms with Crippen LogP contribution in [0.25, 0.3) is 0 Å². The van der Waals surface area contributed by atoms with Crippen molar-refractivity contribution in [2.75, 3.05) is 13.2 Å². The van der Waals surface area contributed by atoms with Gasteiger partial charge in [0.25, 0.3) is 0 Å². The van der Waals surface area contributed by atoms with E-state index in [0.29, 0.717) is 0 Å². The van der Waals surface area contributed by atoms with E-state index in [1.165, 1.54) is 0 Å². The summed E-state index contributed by atoms with van der Waals surface area (Å²) in [5, 5.41) is 46.1. The van der Waals surface area contributed by atoms with Gasteiger partial charge in [-0.1, -0.05) is 0 Å². The molecule has 1 unspecified atom stereocenters. The molecule has 4 atom stereocenters. The van der Waals surface area contributed by atoms with Gasteiger partial charge in [0.1, 0.15) is 18.3 Å². The molecule has 0 radical (unpaired) electrons. The Hall–Kier alpha value is -0.240. The molecule has 1 rings (SSSR count). The van der Waals surface area contributed by atoms with E-state index >= 15 is 0 Å². The molecule has 6 heteroatoms. The lowest BCUT2D eigenvalue weighted by atomic mass is 9.98. The lowest BCUT2D eigenvalue weighted by molar-refractivity contribution is -0.331. The smallest absolute Gasteiger partial charge is 0.218 e. The molecule has 6 nitrogen and oxygen atoms in total. The average molecular weight is 184 g/mol. The van der Waals surface area contributed by atoms with Crippen molar-refractivity contribution in [3.8, 4) is 0 Å². The van der Waals surface area contributed by atoms with Crippen molar-refractivity contribution in [3.63, 3.8) is 0 Å². The fraction of sp³-hybridized carbons (Fsp3) is 1.00. The SMILES string of the molecule is [2H]C1([2H])OC(O)(CO)[C@@H](O)[C@@]([2H])(O)[C@]1([2H])O. The van der Waals surface area contributed by atoms with Crippen LogP contribution in [0.4, 0.5) is 0 Å². The molecular weight excluding hydrogens is 168 g/mol. The van der Waals surface area contributed by atoms with Crippen molar-refractivity contribution < 1.29 is 35.8 Å². The fourth-order valence-corrected chi connectivity index (χ4v) is 0.707. The minimum Gasteiger partial charge on any atom is -0.391 e. The van der Waals surface area contributed by atoms with E-state index in [-0.39, 0.29) is 0 Å². The number of hydrogen-bond acceptors (Lipinski definition) is 6. The summed E-state index contributed by atoms with van der Waals surface area (Å²) in [6, 6.07) is 0. The van der Waals surface area contributed by atoms with Crippen molar-refractivity contribution in [1.29, 1.82) is 0 Å². The quantitative estimate of drug-likeness (QED) is 0.293. The van der Waals surface area contributed by atoms with E-state index in [1.54, 1.807) is 0 Å². The van der Waals surface area contributed by atoms with Crippen LogP contribution in [-0.4, -0.2) is 62.7 Å². The van der Waals surface area contributed by atoms with Crippen molar-refractivity contribution in [2.45, 2.75) is 24.1 Å². The minimum atomic E-state index is -3.54. The van der Waals surface area contributed by atoms with Crippen molar-refractivity contribution in [2.24, 2.45) is 0 Å². The van der Waals surface area contributed by atoms with Crippen LogP contribution in [0.1, 0.15) is 5.48 Å². The maximum atomic E-state index is 9.42. The van der Waals surface area contributed by atoms with Crippen LogP contribution in [0.3, 0.4) is 0 Å². The summed E-state index contributed by atoms with van der Waals surface area (Å²) in [4.78, 5) is 0. The Bertz CT molecular complexity index is 292. The largest absolute Gasteiger partial charge is 0.391 e. The second-order valence-corrected chi connectivity index (χ2v) is 2.34. The van der Waals surface area contributed by atoms with Gasteiger partial charge in [-0.05, 0) is 0 Å². The van der Waals surface area contributed by atoms with Gasteiger partial charge in [-0.15, -0.1) is 0 Å². The van der Waals surface area contributed by atoms with Crippen LogP contribution in [0.2, 0.25) is 0 Å². The molecule has 0 spiro atoms. The molecule has 0 aromatic heterocycles. The highest BCUT2D eigenvalue weighted by atomic mass is 16.7. The van der Waals surface area contributed by atoms with Crippen LogP contribution in [-0.2, 0) is 4.74 Å². The van der Waals surface area contributed by atoms with Crippen LogP contribution >= 0.6 is 0 Å². The van der Waals surface area contributed by atoms with Gasteiger partial charge in [0.05, 0.1) is 18.6 Å². The predicted molar refractivity (Wildman–Crippen MR) is 36.0 cm³/mol. The molecule has 1 heterocycles. The third-order valence-corrected chi connectivity index (χ3v) is 1.48. The molecular formula is C6H12O6. The van der Waals surface area contributed by atoms with Crippen LogP contribution in [0.15, 0.2) is 0 Å². The Kier molecular flexibility index (Phi) is 1.48. The Balaban J connectivity index is 3.28. The lowest BCUT2D eigenvalue weighted by Crippen LogP contribution is -2.62. The second kappa shape index (κ2) is 3.25.